The van der Waals surface area contributed by atoms with Gasteiger partial charge in [-0.15, -0.1) is 11.3 Å². The molecule has 90 valence electrons. The van der Waals surface area contributed by atoms with Crippen LogP contribution in [0.4, 0.5) is 0 Å². The smallest absolute Gasteiger partial charge is 0.110 e. The predicted molar refractivity (Wildman–Crippen MR) is 73.3 cm³/mol. The molecule has 0 bridgehead atoms. The second-order valence-corrected chi connectivity index (χ2v) is 6.79. The molecule has 1 fully saturated rings. The zero-order chi connectivity index (χ0) is 11.5. The highest BCUT2D eigenvalue weighted by Crippen LogP contribution is 2.35. The van der Waals surface area contributed by atoms with E-state index < -0.39 is 0 Å². The molecule has 4 heteroatoms. The minimum Gasteiger partial charge on any atom is -0.305 e. The molecule has 0 aromatic carbocycles. The maximum atomic E-state index is 4.66. The number of nitrogens with one attached hydrogen (secondary N) is 1. The molecule has 2 rings (SSSR count). The van der Waals surface area contributed by atoms with Gasteiger partial charge >= 0.3 is 0 Å². The minimum atomic E-state index is 0.466. The number of hydrogen-bond donors (Lipinski definition) is 1. The monoisotopic (exact) mass is 256 g/mol. The molecular weight excluding hydrogens is 236 g/mol. The molecule has 2 atom stereocenters. The van der Waals surface area contributed by atoms with Gasteiger partial charge in [0.2, 0.25) is 0 Å². The van der Waals surface area contributed by atoms with Gasteiger partial charge in [0, 0.05) is 17.1 Å². The Hall–Kier alpha value is -0.0600. The molecule has 1 aliphatic rings. The third-order valence-corrected chi connectivity index (χ3v) is 5.09. The van der Waals surface area contributed by atoms with Crippen LogP contribution in [0.1, 0.15) is 37.0 Å². The molecular formula is C12H20N2S2. The van der Waals surface area contributed by atoms with Gasteiger partial charge in [0.05, 0.1) is 6.04 Å². The van der Waals surface area contributed by atoms with Crippen LogP contribution in [0.25, 0.3) is 0 Å². The molecule has 2 unspecified atom stereocenters. The van der Waals surface area contributed by atoms with Gasteiger partial charge in [-0.3, -0.25) is 0 Å². The van der Waals surface area contributed by atoms with Crippen LogP contribution in [0.5, 0.6) is 0 Å². The number of hydrogen-bond acceptors (Lipinski definition) is 4. The number of thiazole rings is 1. The lowest BCUT2D eigenvalue weighted by Gasteiger charge is -2.24. The molecule has 2 heterocycles. The Balaban J connectivity index is 2.13. The third-order valence-electron chi connectivity index (χ3n) is 2.85. The highest BCUT2D eigenvalue weighted by molar-refractivity contribution is 7.99. The van der Waals surface area contributed by atoms with Crippen molar-refractivity contribution in [2.45, 2.75) is 39.3 Å². The van der Waals surface area contributed by atoms with Crippen molar-refractivity contribution >= 4 is 23.1 Å². The van der Waals surface area contributed by atoms with Gasteiger partial charge in [-0.25, -0.2) is 4.98 Å². The summed E-state index contributed by atoms with van der Waals surface area (Å²) in [5.74, 6) is 3.35. The summed E-state index contributed by atoms with van der Waals surface area (Å²) in [6.07, 6.45) is 1.33. The van der Waals surface area contributed by atoms with E-state index in [1.54, 1.807) is 11.3 Å². The molecule has 16 heavy (non-hydrogen) atoms. The molecule has 1 saturated heterocycles. The lowest BCUT2D eigenvalue weighted by Crippen LogP contribution is -2.33. The molecule has 2 nitrogen and oxygen atoms in total. The summed E-state index contributed by atoms with van der Waals surface area (Å²) in [5, 5.41) is 7.12. The van der Waals surface area contributed by atoms with Gasteiger partial charge in [0.15, 0.2) is 0 Å². The van der Waals surface area contributed by atoms with E-state index in [4.69, 9.17) is 0 Å². The highest BCUT2D eigenvalue weighted by atomic mass is 32.2. The van der Waals surface area contributed by atoms with Crippen molar-refractivity contribution in [3.63, 3.8) is 0 Å². The number of aryl methyl sites for hydroxylation is 1. The molecule has 0 aliphatic carbocycles. The average molecular weight is 256 g/mol. The zero-order valence-electron chi connectivity index (χ0n) is 10.2. The summed E-state index contributed by atoms with van der Waals surface area (Å²) >= 11 is 3.88. The quantitative estimate of drug-likeness (QED) is 0.895. The summed E-state index contributed by atoms with van der Waals surface area (Å²) in [6.45, 7) is 6.51. The number of aromatic nitrogens is 1. The van der Waals surface area contributed by atoms with Gasteiger partial charge in [-0.05, 0) is 30.8 Å². The molecule has 0 saturated carbocycles. The van der Waals surface area contributed by atoms with E-state index in [1.807, 2.05) is 0 Å². The van der Waals surface area contributed by atoms with Crippen molar-refractivity contribution in [1.29, 1.82) is 0 Å². The van der Waals surface area contributed by atoms with E-state index in [-0.39, 0.29) is 0 Å². The lowest BCUT2D eigenvalue weighted by atomic mass is 9.99. The molecule has 1 aromatic rings. The number of nitrogens with zero attached hydrogens (tertiary/aromatic N) is 1. The molecule has 0 radical (unpaired) electrons. The average Bonchev–Trinajstić information content (AvgIpc) is 2.84. The fraction of sp³-hybridized carbons (Fsp3) is 0.750. The van der Waals surface area contributed by atoms with Crippen LogP contribution in [0.15, 0.2) is 5.38 Å². The highest BCUT2D eigenvalue weighted by Gasteiger charge is 2.28. The Bertz CT molecular complexity index is 330. The maximum absolute atomic E-state index is 4.66. The summed E-state index contributed by atoms with van der Waals surface area (Å²) in [4.78, 5) is 4.66. The summed E-state index contributed by atoms with van der Waals surface area (Å²) in [7, 11) is 0. The summed E-state index contributed by atoms with van der Waals surface area (Å²) in [5.41, 5.74) is 1.15. The molecule has 1 aromatic heterocycles. The first-order chi connectivity index (χ1) is 7.66. The number of rotatable bonds is 4. The SMILES string of the molecule is Cc1csc(C(NC(C)C)C2CCSC2)n1. The van der Waals surface area contributed by atoms with Crippen LogP contribution >= 0.6 is 23.1 Å². The summed E-state index contributed by atoms with van der Waals surface area (Å²) < 4.78 is 0. The van der Waals surface area contributed by atoms with Crippen LogP contribution in [0.3, 0.4) is 0 Å². The predicted octanol–water partition coefficient (Wildman–Crippen LogP) is 3.24. The normalized spacial score (nSPS) is 22.9. The first kappa shape index (κ1) is 12.4. The van der Waals surface area contributed by atoms with Crippen LogP contribution < -0.4 is 5.32 Å². The Kier molecular flexibility index (Phi) is 4.27. The van der Waals surface area contributed by atoms with E-state index in [1.165, 1.54) is 22.9 Å². The molecule has 1 aliphatic heterocycles. The fourth-order valence-electron chi connectivity index (χ4n) is 2.10. The van der Waals surface area contributed by atoms with Crippen molar-refractivity contribution in [3.05, 3.63) is 16.1 Å². The fourth-order valence-corrected chi connectivity index (χ4v) is 4.34. The number of thioether (sulfide) groups is 1. The topological polar surface area (TPSA) is 24.9 Å². The summed E-state index contributed by atoms with van der Waals surface area (Å²) in [6, 6.07) is 0.994. The largest absolute Gasteiger partial charge is 0.305 e. The van der Waals surface area contributed by atoms with Gasteiger partial charge in [0.25, 0.3) is 0 Å². The maximum Gasteiger partial charge on any atom is 0.110 e. The molecule has 0 amide bonds. The molecule has 0 spiro atoms. The first-order valence-corrected chi connectivity index (χ1v) is 7.96. The second-order valence-electron chi connectivity index (χ2n) is 4.75. The zero-order valence-corrected chi connectivity index (χ0v) is 11.8. The Morgan fingerprint density at radius 3 is 2.81 bits per heavy atom. The Labute approximate surface area is 106 Å². The van der Waals surface area contributed by atoms with Crippen molar-refractivity contribution in [3.8, 4) is 0 Å². The Morgan fingerprint density at radius 2 is 2.31 bits per heavy atom. The van der Waals surface area contributed by atoms with E-state index in [0.29, 0.717) is 12.1 Å². The standard InChI is InChI=1S/C12H20N2S2/c1-8(2)13-11(10-4-5-15-7-10)12-14-9(3)6-16-12/h6,8,10-11,13H,4-5,7H2,1-3H3. The minimum absolute atomic E-state index is 0.466. The van der Waals surface area contributed by atoms with Crippen molar-refractivity contribution in [1.82, 2.24) is 10.3 Å². The van der Waals surface area contributed by atoms with E-state index in [0.717, 1.165) is 11.6 Å². The molecule has 1 N–H and O–H groups in total. The lowest BCUT2D eigenvalue weighted by molar-refractivity contribution is 0.364. The van der Waals surface area contributed by atoms with Gasteiger partial charge in [0.1, 0.15) is 5.01 Å². The van der Waals surface area contributed by atoms with Gasteiger partial charge in [-0.1, -0.05) is 13.8 Å². The van der Waals surface area contributed by atoms with Crippen LogP contribution in [-0.4, -0.2) is 22.5 Å². The van der Waals surface area contributed by atoms with Crippen molar-refractivity contribution in [2.75, 3.05) is 11.5 Å². The van der Waals surface area contributed by atoms with Crippen LogP contribution in [-0.2, 0) is 0 Å². The van der Waals surface area contributed by atoms with Crippen LogP contribution in [0, 0.1) is 12.8 Å². The van der Waals surface area contributed by atoms with Gasteiger partial charge in [-0.2, -0.15) is 11.8 Å². The van der Waals surface area contributed by atoms with Crippen LogP contribution in [0.2, 0.25) is 0 Å². The van der Waals surface area contributed by atoms with Gasteiger partial charge < -0.3 is 5.32 Å². The van der Waals surface area contributed by atoms with E-state index in [9.17, 15) is 0 Å². The second kappa shape index (κ2) is 5.52. The first-order valence-electron chi connectivity index (χ1n) is 5.92. The van der Waals surface area contributed by atoms with Crippen molar-refractivity contribution < 1.29 is 0 Å². The third kappa shape index (κ3) is 2.99. The van der Waals surface area contributed by atoms with E-state index in [2.05, 4.69) is 48.2 Å². The Morgan fingerprint density at radius 1 is 1.50 bits per heavy atom. The van der Waals surface area contributed by atoms with Crippen molar-refractivity contribution in [2.24, 2.45) is 5.92 Å². The van der Waals surface area contributed by atoms with E-state index >= 15 is 0 Å².